The van der Waals surface area contributed by atoms with Crippen molar-refractivity contribution in [3.05, 3.63) is 72.8 Å². The Labute approximate surface area is 441 Å². The summed E-state index contributed by atoms with van der Waals surface area (Å²) in [6.07, 6.45) is -0.338. The average Bonchev–Trinajstić information content (AvgIpc) is 4.06. The van der Waals surface area contributed by atoms with Gasteiger partial charge in [0, 0.05) is 44.5 Å². The molecule has 0 unspecified atom stereocenters. The van der Waals surface area contributed by atoms with Gasteiger partial charge in [0.1, 0.15) is 47.4 Å². The third kappa shape index (κ3) is 10.3. The van der Waals surface area contributed by atoms with Gasteiger partial charge >= 0.3 is 16.8 Å². The first-order chi connectivity index (χ1) is 34.3. The van der Waals surface area contributed by atoms with Crippen molar-refractivity contribution in [2.75, 3.05) is 0 Å². The number of fused-ring (bicyclic) bond motifs is 20. The number of rotatable bonds is 16. The van der Waals surface area contributed by atoms with Crippen molar-refractivity contribution in [1.82, 2.24) is 39.9 Å². The van der Waals surface area contributed by atoms with E-state index in [9.17, 15) is 0 Å². The molecule has 9 rings (SSSR count). The predicted octanol–water partition coefficient (Wildman–Crippen LogP) is 14.4. The monoisotopic (exact) mass is 1030 g/mol. The minimum Gasteiger partial charge on any atom is -0.489 e. The molecule has 0 fully saturated rings. The summed E-state index contributed by atoms with van der Waals surface area (Å²) in [7, 11) is 0. The minimum absolute atomic E-state index is 0. The second kappa shape index (κ2) is 21.4. The summed E-state index contributed by atoms with van der Waals surface area (Å²) >= 11 is 0. The maximum atomic E-state index is 7.01. The van der Waals surface area contributed by atoms with Gasteiger partial charge in [-0.3, -0.25) is 0 Å². The van der Waals surface area contributed by atoms with E-state index in [1.54, 1.807) is 0 Å². The Morgan fingerprint density at radius 2 is 0.589 bits per heavy atom. The van der Waals surface area contributed by atoms with Crippen LogP contribution in [-0.4, -0.2) is 54.3 Å². The molecule has 0 atom stereocenters. The second-order valence-corrected chi connectivity index (χ2v) is 22.5. The molecule has 3 aromatic heterocycles. The molecule has 1 radical (unpaired) electrons. The summed E-state index contributed by atoms with van der Waals surface area (Å²) in [4.78, 5) is 42.7. The fourth-order valence-corrected chi connectivity index (χ4v) is 10.9. The van der Waals surface area contributed by atoms with Crippen LogP contribution in [0.2, 0.25) is 0 Å². The van der Waals surface area contributed by atoms with Gasteiger partial charge in [0.25, 0.3) is 0 Å². The molecular formula is C60H72CoN8O4. The van der Waals surface area contributed by atoms with E-state index in [1.165, 1.54) is 0 Å². The van der Waals surface area contributed by atoms with Crippen molar-refractivity contribution >= 4 is 44.1 Å². The van der Waals surface area contributed by atoms with Gasteiger partial charge in [-0.2, -0.15) is 0 Å². The van der Waals surface area contributed by atoms with Gasteiger partial charge in [0.2, 0.25) is 0 Å². The van der Waals surface area contributed by atoms with Gasteiger partial charge in [-0.05, 0) is 82.4 Å². The molecular weight excluding hydrogens is 956 g/mol. The molecule has 12 nitrogen and oxygen atoms in total. The standard InChI is InChI=1S/C60H72N8O4.Co/c1-29(2)49(30(3)4)69-41-25-17-21-37-45(41)57-62-53(37)61-54-38-22-18-26-42(70-50(31(5)6)32(7)8)46(38)58(63-54)65-56-40-24-20-28-44(72-52(35(13)14)36(15)16)48(40)60(67-56)68-59-47-39(55(64-57)66-59)23-19-27-43(47)71-51(33(9)10)34(11)12;/h17-36,49-52H,1-16H3;/q-2;+2. The zero-order valence-corrected chi connectivity index (χ0v) is 46.4. The van der Waals surface area contributed by atoms with Crippen molar-refractivity contribution in [1.29, 1.82) is 0 Å². The van der Waals surface area contributed by atoms with E-state index in [4.69, 9.17) is 58.8 Å². The summed E-state index contributed by atoms with van der Waals surface area (Å²) in [5.74, 6) is 6.24. The summed E-state index contributed by atoms with van der Waals surface area (Å²) in [6, 6.07) is 24.0. The van der Waals surface area contributed by atoms with E-state index in [0.717, 1.165) is 43.8 Å². The van der Waals surface area contributed by atoms with Gasteiger partial charge in [-0.25, -0.2) is 9.97 Å². The van der Waals surface area contributed by atoms with Gasteiger partial charge < -0.3 is 48.9 Å². The second-order valence-electron chi connectivity index (χ2n) is 22.5. The van der Waals surface area contributed by atoms with Crippen LogP contribution in [0.15, 0.2) is 72.8 Å². The SMILES string of the molecule is CC(C)C(Oc1cccc2c1-c1nc-2nc2[n-]c(nc3nc(nc4[n-]c(n1)c1cccc(OC(C(C)C)C(C)C)c41)-c1c(OC(C(C)C)C(C)C)cccc1-3)c1c(OC(C(C)C)C(C)C)cccc21)C(C)C.[Co+2]. The number of ether oxygens (including phenoxy) is 4. The summed E-state index contributed by atoms with van der Waals surface area (Å²) in [5, 5.41) is 2.98. The van der Waals surface area contributed by atoms with Crippen LogP contribution >= 0.6 is 0 Å². The Morgan fingerprint density at radius 1 is 0.315 bits per heavy atom. The van der Waals surface area contributed by atoms with Crippen LogP contribution < -0.4 is 28.9 Å². The van der Waals surface area contributed by atoms with E-state index < -0.39 is 0 Å². The average molecular weight is 1030 g/mol. The Balaban J connectivity index is 0.00000711. The molecule has 2 aliphatic rings. The number of nitrogens with zero attached hydrogens (tertiary/aromatic N) is 8. The molecule has 0 aliphatic carbocycles. The molecule has 385 valence electrons. The number of aromatic nitrogens is 8. The largest absolute Gasteiger partial charge is 2.00 e. The number of hydrogen-bond donors (Lipinski definition) is 0. The molecule has 0 saturated carbocycles. The van der Waals surface area contributed by atoms with E-state index in [0.29, 0.717) is 68.9 Å². The third-order valence-electron chi connectivity index (χ3n) is 14.0. The molecule has 0 N–H and O–H groups in total. The first-order valence-corrected chi connectivity index (χ1v) is 26.2. The van der Waals surface area contributed by atoms with Crippen LogP contribution in [0.1, 0.15) is 111 Å². The maximum Gasteiger partial charge on any atom is 2.00 e. The summed E-state index contributed by atoms with van der Waals surface area (Å²) in [6.45, 7) is 35.0. The zero-order chi connectivity index (χ0) is 51.4. The van der Waals surface area contributed by atoms with E-state index in [-0.39, 0.29) is 88.5 Å². The van der Waals surface area contributed by atoms with Crippen LogP contribution in [0.3, 0.4) is 0 Å². The summed E-state index contributed by atoms with van der Waals surface area (Å²) in [5.41, 5.74) is 4.68. The van der Waals surface area contributed by atoms with Crippen molar-refractivity contribution < 1.29 is 35.7 Å². The van der Waals surface area contributed by atoms with Crippen LogP contribution in [0.25, 0.3) is 89.7 Å². The summed E-state index contributed by atoms with van der Waals surface area (Å²) < 4.78 is 28.0. The fraction of sp³-hybridized carbons (Fsp3) is 0.467. The van der Waals surface area contributed by atoms with E-state index in [2.05, 4.69) is 111 Å². The number of benzene rings is 4. The first-order valence-electron chi connectivity index (χ1n) is 26.2. The van der Waals surface area contributed by atoms with Crippen LogP contribution in [0, 0.1) is 47.3 Å². The van der Waals surface area contributed by atoms with Gasteiger partial charge in [0.15, 0.2) is 0 Å². The maximum absolute atomic E-state index is 7.01. The zero-order valence-electron chi connectivity index (χ0n) is 45.4. The quantitative estimate of drug-likeness (QED) is 0.0909. The fourth-order valence-electron chi connectivity index (χ4n) is 10.9. The smallest absolute Gasteiger partial charge is 0.489 e. The van der Waals surface area contributed by atoms with Crippen molar-refractivity contribution in [3.8, 4) is 68.5 Å². The molecule has 4 aromatic carbocycles. The van der Waals surface area contributed by atoms with E-state index in [1.807, 2.05) is 72.8 Å². The Hall–Kier alpha value is -6.05. The van der Waals surface area contributed by atoms with Gasteiger partial charge in [0.05, 0.1) is 34.4 Å². The first kappa shape index (κ1) is 53.2. The van der Waals surface area contributed by atoms with Crippen molar-refractivity contribution in [2.45, 2.75) is 135 Å². The molecule has 0 spiro atoms. The van der Waals surface area contributed by atoms with Crippen molar-refractivity contribution in [2.24, 2.45) is 47.3 Å². The van der Waals surface area contributed by atoms with Crippen molar-refractivity contribution in [3.63, 3.8) is 0 Å². The van der Waals surface area contributed by atoms with Crippen LogP contribution in [0.4, 0.5) is 0 Å². The molecule has 73 heavy (non-hydrogen) atoms. The minimum atomic E-state index is -0.0890. The Bertz CT molecular complexity index is 3270. The molecule has 13 heteroatoms. The van der Waals surface area contributed by atoms with Crippen LogP contribution in [0.5, 0.6) is 23.0 Å². The number of hydrogen-bond acceptors (Lipinski definition) is 10. The molecule has 8 bridgehead atoms. The topological polar surface area (TPSA) is 142 Å². The Kier molecular flexibility index (Phi) is 15.6. The molecule has 2 aliphatic heterocycles. The third-order valence-corrected chi connectivity index (χ3v) is 14.0. The van der Waals surface area contributed by atoms with E-state index >= 15 is 0 Å². The van der Waals surface area contributed by atoms with Gasteiger partial charge in [-0.15, -0.1) is 0 Å². The molecule has 0 saturated heterocycles. The normalized spacial score (nSPS) is 12.7. The van der Waals surface area contributed by atoms with Crippen LogP contribution in [-0.2, 0) is 16.8 Å². The predicted molar refractivity (Wildman–Crippen MR) is 290 cm³/mol. The molecule has 7 aromatic rings. The Morgan fingerprint density at radius 3 is 0.932 bits per heavy atom. The van der Waals surface area contributed by atoms with Gasteiger partial charge in [-0.1, -0.05) is 159 Å². The molecule has 0 amide bonds. The molecule has 5 heterocycles.